The number of amides is 1. The second kappa shape index (κ2) is 8.59. The van der Waals surface area contributed by atoms with Crippen LogP contribution in [0.4, 0.5) is 0 Å². The molecule has 0 saturated heterocycles. The maximum atomic E-state index is 12.1. The molecule has 2 atom stereocenters. The highest BCUT2D eigenvalue weighted by molar-refractivity contribution is 5.78. The molecule has 4 heteroatoms. The normalized spacial score (nSPS) is 13.6. The Hall–Kier alpha value is -1.55. The molecule has 0 radical (unpaired) electrons. The average Bonchev–Trinajstić information content (AvgIpc) is 2.50. The summed E-state index contributed by atoms with van der Waals surface area (Å²) in [4.78, 5) is 12.1. The molecule has 112 valence electrons. The molecule has 20 heavy (non-hydrogen) atoms. The van der Waals surface area contributed by atoms with E-state index in [1.807, 2.05) is 31.2 Å². The Morgan fingerprint density at radius 3 is 2.50 bits per heavy atom. The largest absolute Gasteiger partial charge is 0.497 e. The van der Waals surface area contributed by atoms with Crippen molar-refractivity contribution in [2.45, 2.75) is 39.2 Å². The van der Waals surface area contributed by atoms with E-state index in [0.717, 1.165) is 30.6 Å². The summed E-state index contributed by atoms with van der Waals surface area (Å²) in [7, 11) is 1.65. The highest BCUT2D eigenvalue weighted by Gasteiger charge is 2.17. The molecule has 1 aromatic rings. The van der Waals surface area contributed by atoms with Crippen LogP contribution in [-0.2, 0) is 4.79 Å². The van der Waals surface area contributed by atoms with Gasteiger partial charge in [-0.2, -0.15) is 0 Å². The first kappa shape index (κ1) is 16.5. The van der Waals surface area contributed by atoms with Gasteiger partial charge in [0.25, 0.3) is 0 Å². The Morgan fingerprint density at radius 2 is 2.00 bits per heavy atom. The Morgan fingerprint density at radius 1 is 1.35 bits per heavy atom. The number of carbonyl (C=O) groups excluding carboxylic acids is 1. The maximum absolute atomic E-state index is 12.1. The molecule has 4 nitrogen and oxygen atoms in total. The average molecular weight is 278 g/mol. The van der Waals surface area contributed by atoms with Gasteiger partial charge in [0.15, 0.2) is 0 Å². The fraction of sp³-hybridized carbons (Fsp3) is 0.562. The third kappa shape index (κ3) is 4.85. The van der Waals surface area contributed by atoms with E-state index in [9.17, 15) is 4.79 Å². The standard InChI is InChI=1S/C16H26N2O2/c1-4-15(13-7-9-14(20-3)10-8-13)18-16(19)12(2)6-5-11-17/h7-10,12,15H,4-6,11,17H2,1-3H3,(H,18,19). The Bertz CT molecular complexity index is 403. The molecule has 0 heterocycles. The number of hydrogen-bond donors (Lipinski definition) is 2. The van der Waals surface area contributed by atoms with Gasteiger partial charge in [0.1, 0.15) is 5.75 Å². The second-order valence-corrected chi connectivity index (χ2v) is 5.07. The molecule has 0 aliphatic heterocycles. The van der Waals surface area contributed by atoms with Crippen LogP contribution in [0.2, 0.25) is 0 Å². The van der Waals surface area contributed by atoms with Gasteiger partial charge in [0, 0.05) is 5.92 Å². The van der Waals surface area contributed by atoms with E-state index in [0.29, 0.717) is 6.54 Å². The SMILES string of the molecule is CCC(NC(=O)C(C)CCCN)c1ccc(OC)cc1. The van der Waals surface area contributed by atoms with Crippen molar-refractivity contribution in [3.05, 3.63) is 29.8 Å². The van der Waals surface area contributed by atoms with Crippen LogP contribution in [0.3, 0.4) is 0 Å². The number of rotatable bonds is 8. The molecule has 0 aromatic heterocycles. The zero-order valence-corrected chi connectivity index (χ0v) is 12.7. The molecular formula is C16H26N2O2. The van der Waals surface area contributed by atoms with Crippen LogP contribution in [-0.4, -0.2) is 19.6 Å². The Labute approximate surface area is 121 Å². The monoisotopic (exact) mass is 278 g/mol. The summed E-state index contributed by atoms with van der Waals surface area (Å²) in [5.41, 5.74) is 6.58. The van der Waals surface area contributed by atoms with E-state index in [2.05, 4.69) is 12.2 Å². The molecule has 0 spiro atoms. The molecule has 0 saturated carbocycles. The number of ether oxygens (including phenoxy) is 1. The van der Waals surface area contributed by atoms with Crippen molar-refractivity contribution >= 4 is 5.91 Å². The van der Waals surface area contributed by atoms with Crippen LogP contribution in [0.25, 0.3) is 0 Å². The van der Waals surface area contributed by atoms with Crippen molar-refractivity contribution in [3.63, 3.8) is 0 Å². The first-order chi connectivity index (χ1) is 9.62. The predicted molar refractivity (Wildman–Crippen MR) is 81.6 cm³/mol. The van der Waals surface area contributed by atoms with Crippen molar-refractivity contribution in [2.75, 3.05) is 13.7 Å². The van der Waals surface area contributed by atoms with Gasteiger partial charge < -0.3 is 15.8 Å². The van der Waals surface area contributed by atoms with Crippen molar-refractivity contribution in [1.29, 1.82) is 0 Å². The molecule has 0 aliphatic carbocycles. The van der Waals surface area contributed by atoms with Gasteiger partial charge in [-0.25, -0.2) is 0 Å². The molecule has 0 aliphatic rings. The van der Waals surface area contributed by atoms with Gasteiger partial charge in [0.2, 0.25) is 5.91 Å². The predicted octanol–water partition coefficient (Wildman–Crippen LogP) is 2.64. The zero-order chi connectivity index (χ0) is 15.0. The lowest BCUT2D eigenvalue weighted by molar-refractivity contribution is -0.125. The first-order valence-electron chi connectivity index (χ1n) is 7.26. The number of carbonyl (C=O) groups is 1. The van der Waals surface area contributed by atoms with Crippen LogP contribution >= 0.6 is 0 Å². The van der Waals surface area contributed by atoms with Gasteiger partial charge in [-0.1, -0.05) is 26.0 Å². The quantitative estimate of drug-likeness (QED) is 0.768. The summed E-state index contributed by atoms with van der Waals surface area (Å²) in [5, 5.41) is 3.11. The second-order valence-electron chi connectivity index (χ2n) is 5.07. The topological polar surface area (TPSA) is 64.4 Å². The van der Waals surface area contributed by atoms with Crippen molar-refractivity contribution in [2.24, 2.45) is 11.7 Å². The first-order valence-corrected chi connectivity index (χ1v) is 7.26. The van der Waals surface area contributed by atoms with Crippen molar-refractivity contribution < 1.29 is 9.53 Å². The molecular weight excluding hydrogens is 252 g/mol. The summed E-state index contributed by atoms with van der Waals surface area (Å²) < 4.78 is 5.15. The highest BCUT2D eigenvalue weighted by atomic mass is 16.5. The molecule has 1 amide bonds. The van der Waals surface area contributed by atoms with E-state index in [1.54, 1.807) is 7.11 Å². The number of hydrogen-bond acceptors (Lipinski definition) is 3. The van der Waals surface area contributed by atoms with Gasteiger partial charge in [-0.05, 0) is 43.5 Å². The van der Waals surface area contributed by atoms with Crippen molar-refractivity contribution in [3.8, 4) is 5.75 Å². The minimum Gasteiger partial charge on any atom is -0.497 e. The smallest absolute Gasteiger partial charge is 0.223 e. The fourth-order valence-corrected chi connectivity index (χ4v) is 2.13. The van der Waals surface area contributed by atoms with E-state index in [4.69, 9.17) is 10.5 Å². The summed E-state index contributed by atoms with van der Waals surface area (Å²) >= 11 is 0. The third-order valence-electron chi connectivity index (χ3n) is 3.53. The lowest BCUT2D eigenvalue weighted by atomic mass is 10.0. The molecule has 2 unspecified atom stereocenters. The van der Waals surface area contributed by atoms with Gasteiger partial charge in [0.05, 0.1) is 13.2 Å². The van der Waals surface area contributed by atoms with Crippen LogP contribution in [0, 0.1) is 5.92 Å². The minimum absolute atomic E-state index is 0.00542. The molecule has 0 fully saturated rings. The number of methoxy groups -OCH3 is 1. The summed E-state index contributed by atoms with van der Waals surface area (Å²) in [6.45, 7) is 4.65. The van der Waals surface area contributed by atoms with Crippen molar-refractivity contribution in [1.82, 2.24) is 5.32 Å². The van der Waals surface area contributed by atoms with Crippen LogP contribution in [0.5, 0.6) is 5.75 Å². The Kier molecular flexibility index (Phi) is 7.09. The lowest BCUT2D eigenvalue weighted by Crippen LogP contribution is -2.32. The van der Waals surface area contributed by atoms with Gasteiger partial charge in [-0.15, -0.1) is 0 Å². The van der Waals surface area contributed by atoms with E-state index in [-0.39, 0.29) is 17.9 Å². The van der Waals surface area contributed by atoms with Crippen LogP contribution in [0.15, 0.2) is 24.3 Å². The van der Waals surface area contributed by atoms with E-state index in [1.165, 1.54) is 0 Å². The number of nitrogens with one attached hydrogen (secondary N) is 1. The summed E-state index contributed by atoms with van der Waals surface area (Å²) in [5.74, 6) is 0.929. The molecule has 1 rings (SSSR count). The Balaban J connectivity index is 2.63. The zero-order valence-electron chi connectivity index (χ0n) is 12.7. The van der Waals surface area contributed by atoms with Gasteiger partial charge >= 0.3 is 0 Å². The maximum Gasteiger partial charge on any atom is 0.223 e. The molecule has 1 aromatic carbocycles. The fourth-order valence-electron chi connectivity index (χ4n) is 2.13. The van der Waals surface area contributed by atoms with E-state index >= 15 is 0 Å². The summed E-state index contributed by atoms with van der Waals surface area (Å²) in [6, 6.07) is 7.88. The van der Waals surface area contributed by atoms with E-state index < -0.39 is 0 Å². The van der Waals surface area contributed by atoms with Crippen LogP contribution < -0.4 is 15.8 Å². The summed E-state index contributed by atoms with van der Waals surface area (Å²) in [6.07, 6.45) is 2.58. The molecule has 0 bridgehead atoms. The minimum atomic E-state index is 0.00542. The number of benzene rings is 1. The third-order valence-corrected chi connectivity index (χ3v) is 3.53. The highest BCUT2D eigenvalue weighted by Crippen LogP contribution is 2.21. The van der Waals surface area contributed by atoms with Crippen LogP contribution in [0.1, 0.15) is 44.7 Å². The molecule has 3 N–H and O–H groups in total. The van der Waals surface area contributed by atoms with Gasteiger partial charge in [-0.3, -0.25) is 4.79 Å². The number of nitrogens with two attached hydrogens (primary N) is 1. The lowest BCUT2D eigenvalue weighted by Gasteiger charge is -2.20.